The lowest BCUT2D eigenvalue weighted by atomic mass is 10.2. The molecule has 0 aliphatic carbocycles. The zero-order valence-corrected chi connectivity index (χ0v) is 11.0. The Morgan fingerprint density at radius 2 is 2.07 bits per heavy atom. The molecule has 0 aromatic heterocycles. The highest BCUT2D eigenvalue weighted by molar-refractivity contribution is 14.1. The summed E-state index contributed by atoms with van der Waals surface area (Å²) in [5, 5.41) is 0. The fourth-order valence-electron chi connectivity index (χ4n) is 0.806. The van der Waals surface area contributed by atoms with Crippen molar-refractivity contribution in [3.8, 4) is 0 Å². The average molecular weight is 322 g/mol. The van der Waals surface area contributed by atoms with Gasteiger partial charge in [-0.25, -0.2) is 4.79 Å². The number of rotatable bonds is 7. The van der Waals surface area contributed by atoms with Crippen molar-refractivity contribution in [1.29, 1.82) is 0 Å². The van der Waals surface area contributed by atoms with Crippen LogP contribution in [0.25, 0.3) is 0 Å². The summed E-state index contributed by atoms with van der Waals surface area (Å²) < 4.78 is 6.01. The number of esters is 1. The van der Waals surface area contributed by atoms with E-state index in [0.29, 0.717) is 12.2 Å². The average Bonchev–Trinajstić information content (AvgIpc) is 2.23. The first-order valence-corrected chi connectivity index (χ1v) is 6.22. The van der Waals surface area contributed by atoms with Crippen molar-refractivity contribution in [3.05, 3.63) is 24.3 Å². The van der Waals surface area contributed by atoms with Crippen LogP contribution in [0, 0.1) is 0 Å². The number of unbranched alkanes of at least 4 members (excludes halogenated alkanes) is 1. The molecule has 4 heteroatoms. The van der Waals surface area contributed by atoms with Crippen molar-refractivity contribution < 1.29 is 14.3 Å². The molecule has 0 fully saturated rings. The van der Waals surface area contributed by atoms with Gasteiger partial charge >= 0.3 is 5.97 Å². The first kappa shape index (κ1) is 14.3. The van der Waals surface area contributed by atoms with Crippen LogP contribution in [0.15, 0.2) is 24.3 Å². The molecule has 0 unspecified atom stereocenters. The Labute approximate surface area is 104 Å². The van der Waals surface area contributed by atoms with E-state index in [2.05, 4.69) is 29.2 Å². The van der Waals surface area contributed by atoms with Crippen molar-refractivity contribution in [2.75, 3.05) is 11.0 Å². The van der Waals surface area contributed by atoms with Crippen LogP contribution in [0.2, 0.25) is 0 Å². The van der Waals surface area contributed by atoms with E-state index in [4.69, 9.17) is 4.74 Å². The summed E-state index contributed by atoms with van der Waals surface area (Å²) in [6, 6.07) is 0. The molecule has 0 radical (unpaired) electrons. The predicted molar refractivity (Wildman–Crippen MR) is 68.0 cm³/mol. The van der Waals surface area contributed by atoms with Gasteiger partial charge < -0.3 is 4.74 Å². The molecule has 0 amide bonds. The van der Waals surface area contributed by atoms with Crippen LogP contribution in [0.4, 0.5) is 0 Å². The summed E-state index contributed by atoms with van der Waals surface area (Å²) in [5.74, 6) is -0.713. The van der Waals surface area contributed by atoms with Gasteiger partial charge in [0.05, 0.1) is 6.61 Å². The lowest BCUT2D eigenvalue weighted by molar-refractivity contribution is -0.139. The second-order valence-electron chi connectivity index (χ2n) is 2.97. The number of hydrogen-bond donors (Lipinski definition) is 0. The first-order chi connectivity index (χ1) is 7.11. The van der Waals surface area contributed by atoms with Gasteiger partial charge in [-0.1, -0.05) is 29.2 Å². The van der Waals surface area contributed by atoms with E-state index in [0.717, 1.165) is 23.3 Å². The largest absolute Gasteiger partial charge is 0.462 e. The maximum atomic E-state index is 11.3. The van der Waals surface area contributed by atoms with Gasteiger partial charge in [0.1, 0.15) is 0 Å². The number of alkyl halides is 1. The Kier molecular flexibility index (Phi) is 8.27. The second-order valence-corrected chi connectivity index (χ2v) is 4.04. The van der Waals surface area contributed by atoms with Crippen molar-refractivity contribution in [2.45, 2.75) is 19.8 Å². The molecule has 84 valence electrons. The smallest absolute Gasteiger partial charge is 0.333 e. The van der Waals surface area contributed by atoms with Crippen molar-refractivity contribution in [3.63, 3.8) is 0 Å². The molecule has 0 bridgehead atoms. The number of hydrogen-bond acceptors (Lipinski definition) is 3. The van der Waals surface area contributed by atoms with E-state index in [1.54, 1.807) is 6.92 Å². The Morgan fingerprint density at radius 1 is 1.40 bits per heavy atom. The molecular formula is C11H15IO3. The quantitative estimate of drug-likeness (QED) is 0.238. The number of ketones is 1. The number of allylic oxidation sites excluding steroid dienone is 2. The van der Waals surface area contributed by atoms with E-state index >= 15 is 0 Å². The summed E-state index contributed by atoms with van der Waals surface area (Å²) >= 11 is 2.27. The molecule has 0 spiro atoms. The van der Waals surface area contributed by atoms with E-state index in [1.807, 2.05) is 0 Å². The van der Waals surface area contributed by atoms with Gasteiger partial charge in [0.25, 0.3) is 0 Å². The number of halogens is 1. The van der Waals surface area contributed by atoms with E-state index < -0.39 is 5.97 Å². The van der Waals surface area contributed by atoms with Gasteiger partial charge in [0.2, 0.25) is 0 Å². The molecule has 0 saturated carbocycles. The van der Waals surface area contributed by atoms with E-state index in [1.165, 1.54) is 6.08 Å². The Morgan fingerprint density at radius 3 is 2.60 bits per heavy atom. The van der Waals surface area contributed by atoms with Crippen LogP contribution in [-0.4, -0.2) is 22.8 Å². The molecule has 0 aromatic rings. The van der Waals surface area contributed by atoms with E-state index in [9.17, 15) is 9.59 Å². The molecular weight excluding hydrogens is 307 g/mol. The Hall–Kier alpha value is -0.650. The predicted octanol–water partition coefficient (Wildman–Crippen LogP) is 2.45. The molecule has 0 saturated heterocycles. The molecule has 15 heavy (non-hydrogen) atoms. The van der Waals surface area contributed by atoms with Gasteiger partial charge in [-0.2, -0.15) is 0 Å². The molecule has 3 nitrogen and oxygen atoms in total. The van der Waals surface area contributed by atoms with Crippen molar-refractivity contribution in [2.24, 2.45) is 0 Å². The second kappa shape index (κ2) is 8.64. The van der Waals surface area contributed by atoms with Crippen LogP contribution in [0.5, 0.6) is 0 Å². The van der Waals surface area contributed by atoms with Gasteiger partial charge in [-0.05, 0) is 36.3 Å². The highest BCUT2D eigenvalue weighted by Crippen LogP contribution is 2.00. The standard InChI is InChI=1S/C11H15IO3/c1-3-10(13)8-9(2)11(14)15-7-5-4-6-12/h3,8H,1,4-7H2,2H3. The first-order valence-electron chi connectivity index (χ1n) is 4.69. The lowest BCUT2D eigenvalue weighted by Gasteiger charge is -2.03. The normalized spacial score (nSPS) is 10.9. The minimum atomic E-state index is -0.432. The van der Waals surface area contributed by atoms with E-state index in [-0.39, 0.29) is 5.78 Å². The minimum Gasteiger partial charge on any atom is -0.462 e. The maximum absolute atomic E-state index is 11.3. The van der Waals surface area contributed by atoms with Gasteiger partial charge in [0.15, 0.2) is 5.78 Å². The molecule has 0 heterocycles. The maximum Gasteiger partial charge on any atom is 0.333 e. The summed E-state index contributed by atoms with van der Waals surface area (Å²) in [5.41, 5.74) is 0.314. The summed E-state index contributed by atoms with van der Waals surface area (Å²) in [4.78, 5) is 22.2. The molecule has 0 aromatic carbocycles. The zero-order valence-electron chi connectivity index (χ0n) is 8.79. The summed E-state index contributed by atoms with van der Waals surface area (Å²) in [6.45, 7) is 5.28. The monoisotopic (exact) mass is 322 g/mol. The molecule has 0 aliphatic rings. The molecule has 0 N–H and O–H groups in total. The number of ether oxygens (including phenoxy) is 1. The topological polar surface area (TPSA) is 43.4 Å². The highest BCUT2D eigenvalue weighted by Gasteiger charge is 2.06. The minimum absolute atomic E-state index is 0.281. The third kappa shape index (κ3) is 7.30. The molecule has 0 aliphatic heterocycles. The van der Waals surface area contributed by atoms with Crippen molar-refractivity contribution in [1.82, 2.24) is 0 Å². The van der Waals surface area contributed by atoms with Crippen LogP contribution in [0.3, 0.4) is 0 Å². The lowest BCUT2D eigenvalue weighted by Crippen LogP contribution is -2.08. The fourth-order valence-corrected chi connectivity index (χ4v) is 1.35. The Bertz CT molecular complexity index is 269. The Balaban J connectivity index is 3.94. The van der Waals surface area contributed by atoms with Gasteiger partial charge in [0, 0.05) is 5.57 Å². The third-order valence-electron chi connectivity index (χ3n) is 1.64. The third-order valence-corrected chi connectivity index (χ3v) is 2.41. The number of carbonyl (C=O) groups excluding carboxylic acids is 2. The molecule has 0 rings (SSSR count). The summed E-state index contributed by atoms with van der Waals surface area (Å²) in [7, 11) is 0. The SMILES string of the molecule is C=CC(=O)C=C(C)C(=O)OCCCCI. The van der Waals surface area contributed by atoms with Crippen LogP contribution < -0.4 is 0 Å². The van der Waals surface area contributed by atoms with Crippen LogP contribution in [0.1, 0.15) is 19.8 Å². The summed E-state index contributed by atoms with van der Waals surface area (Å²) in [6.07, 6.45) is 4.28. The molecule has 0 atom stereocenters. The van der Waals surface area contributed by atoms with Crippen LogP contribution in [-0.2, 0) is 14.3 Å². The zero-order chi connectivity index (χ0) is 11.7. The van der Waals surface area contributed by atoms with Crippen molar-refractivity contribution >= 4 is 34.3 Å². The van der Waals surface area contributed by atoms with Gasteiger partial charge in [-0.15, -0.1) is 0 Å². The van der Waals surface area contributed by atoms with Crippen LogP contribution >= 0.6 is 22.6 Å². The highest BCUT2D eigenvalue weighted by atomic mass is 127. The fraction of sp³-hybridized carbons (Fsp3) is 0.455. The van der Waals surface area contributed by atoms with Gasteiger partial charge in [-0.3, -0.25) is 4.79 Å². The number of carbonyl (C=O) groups is 2.